The van der Waals surface area contributed by atoms with Gasteiger partial charge in [0.1, 0.15) is 16.5 Å². The molecule has 0 unspecified atom stereocenters. The van der Waals surface area contributed by atoms with Gasteiger partial charge in [-0.25, -0.2) is 9.97 Å². The summed E-state index contributed by atoms with van der Waals surface area (Å²) in [7, 11) is 1.92. The second-order valence-corrected chi connectivity index (χ2v) is 4.57. The molecule has 7 heteroatoms. The molecule has 100 valence electrons. The molecule has 0 saturated carbocycles. The summed E-state index contributed by atoms with van der Waals surface area (Å²) in [6.45, 7) is 2.75. The zero-order valence-corrected chi connectivity index (χ0v) is 11.7. The van der Waals surface area contributed by atoms with Crippen molar-refractivity contribution < 1.29 is 0 Å². The third-order valence-corrected chi connectivity index (χ3v) is 2.90. The minimum absolute atomic E-state index is 0.250. The summed E-state index contributed by atoms with van der Waals surface area (Å²) in [6, 6.07) is 0. The van der Waals surface area contributed by atoms with E-state index in [9.17, 15) is 0 Å². The predicted molar refractivity (Wildman–Crippen MR) is 77.8 cm³/mol. The molecule has 0 aromatic carbocycles. The summed E-state index contributed by atoms with van der Waals surface area (Å²) < 4.78 is 1.82. The number of nitrogens with zero attached hydrogens (tertiary/aromatic N) is 4. The fraction of sp³-hybridized carbons (Fsp3) is 0.333. The molecule has 2 rings (SSSR count). The Bertz CT molecular complexity index is 574. The van der Waals surface area contributed by atoms with Gasteiger partial charge in [0.25, 0.3) is 0 Å². The highest BCUT2D eigenvalue weighted by Gasteiger charge is 2.06. The molecule has 0 fully saturated rings. The molecular formula is C12H16N6S. The molecule has 0 spiro atoms. The molecule has 2 aromatic rings. The van der Waals surface area contributed by atoms with E-state index in [2.05, 4.69) is 27.3 Å². The summed E-state index contributed by atoms with van der Waals surface area (Å²) in [6.07, 6.45) is 6.09. The monoisotopic (exact) mass is 276 g/mol. The van der Waals surface area contributed by atoms with Crippen LogP contribution in [0.1, 0.15) is 23.9 Å². The number of hydrogen-bond donors (Lipinski definition) is 2. The van der Waals surface area contributed by atoms with Gasteiger partial charge in [-0.3, -0.25) is 4.68 Å². The van der Waals surface area contributed by atoms with E-state index in [1.165, 1.54) is 0 Å². The number of anilines is 1. The fourth-order valence-corrected chi connectivity index (χ4v) is 1.87. The molecular weight excluding hydrogens is 260 g/mol. The Balaban J connectivity index is 2.03. The van der Waals surface area contributed by atoms with Gasteiger partial charge in [0, 0.05) is 25.4 Å². The number of nitrogens with two attached hydrogens (primary N) is 1. The van der Waals surface area contributed by atoms with Crippen LogP contribution in [-0.2, 0) is 20.0 Å². The Morgan fingerprint density at radius 2 is 2.21 bits per heavy atom. The molecule has 0 aliphatic heterocycles. The highest BCUT2D eigenvalue weighted by atomic mass is 32.1. The number of rotatable bonds is 5. The molecule has 6 nitrogen and oxygen atoms in total. The first-order chi connectivity index (χ1) is 9.10. The standard InChI is InChI=1S/C12H16N6S/c1-3-9-8(7-18(2)17-9)4-15-11-6-14-10(5-16-11)12(13)19/h5-7H,3-4H2,1-2H3,(H2,13,19)(H,15,16). The summed E-state index contributed by atoms with van der Waals surface area (Å²) in [5.41, 5.74) is 8.23. The van der Waals surface area contributed by atoms with E-state index < -0.39 is 0 Å². The number of aromatic nitrogens is 4. The van der Waals surface area contributed by atoms with E-state index in [1.807, 2.05) is 17.9 Å². The van der Waals surface area contributed by atoms with Crippen molar-refractivity contribution in [3.05, 3.63) is 35.5 Å². The normalized spacial score (nSPS) is 10.4. The van der Waals surface area contributed by atoms with Crippen molar-refractivity contribution in [1.29, 1.82) is 0 Å². The molecule has 3 N–H and O–H groups in total. The minimum Gasteiger partial charge on any atom is -0.388 e. The average Bonchev–Trinajstić information content (AvgIpc) is 2.77. The molecule has 0 aliphatic rings. The van der Waals surface area contributed by atoms with Gasteiger partial charge in [-0.15, -0.1) is 0 Å². The summed E-state index contributed by atoms with van der Waals surface area (Å²) in [5.74, 6) is 0.686. The highest BCUT2D eigenvalue weighted by molar-refractivity contribution is 7.80. The summed E-state index contributed by atoms with van der Waals surface area (Å²) in [4.78, 5) is 8.58. The van der Waals surface area contributed by atoms with E-state index in [1.54, 1.807) is 12.4 Å². The van der Waals surface area contributed by atoms with Crippen molar-refractivity contribution in [1.82, 2.24) is 19.7 Å². The van der Waals surface area contributed by atoms with Crippen molar-refractivity contribution in [3.63, 3.8) is 0 Å². The molecule has 0 atom stereocenters. The largest absolute Gasteiger partial charge is 0.388 e. The van der Waals surface area contributed by atoms with E-state index in [4.69, 9.17) is 18.0 Å². The summed E-state index contributed by atoms with van der Waals surface area (Å²) >= 11 is 4.83. The Morgan fingerprint density at radius 1 is 1.42 bits per heavy atom. The van der Waals surface area contributed by atoms with Crippen molar-refractivity contribution >= 4 is 23.0 Å². The van der Waals surface area contributed by atoms with E-state index in [-0.39, 0.29) is 4.99 Å². The second kappa shape index (κ2) is 5.75. The maximum atomic E-state index is 5.47. The van der Waals surface area contributed by atoms with E-state index in [0.717, 1.165) is 17.7 Å². The molecule has 0 saturated heterocycles. The van der Waals surface area contributed by atoms with E-state index in [0.29, 0.717) is 18.1 Å². The van der Waals surface area contributed by atoms with Crippen LogP contribution < -0.4 is 11.1 Å². The van der Waals surface area contributed by atoms with Crippen LogP contribution in [0.5, 0.6) is 0 Å². The van der Waals surface area contributed by atoms with Crippen molar-refractivity contribution in [3.8, 4) is 0 Å². The topological polar surface area (TPSA) is 81.7 Å². The Hall–Kier alpha value is -2.02. The number of hydrogen-bond acceptors (Lipinski definition) is 5. The van der Waals surface area contributed by atoms with Crippen LogP contribution in [0, 0.1) is 0 Å². The lowest BCUT2D eigenvalue weighted by Gasteiger charge is -2.05. The SMILES string of the molecule is CCc1nn(C)cc1CNc1cnc(C(N)=S)cn1. The van der Waals surface area contributed by atoms with Gasteiger partial charge in [-0.05, 0) is 6.42 Å². The van der Waals surface area contributed by atoms with Crippen LogP contribution in [0.4, 0.5) is 5.82 Å². The van der Waals surface area contributed by atoms with Crippen LogP contribution in [0.15, 0.2) is 18.6 Å². The lowest BCUT2D eigenvalue weighted by atomic mass is 10.2. The smallest absolute Gasteiger partial charge is 0.144 e. The van der Waals surface area contributed by atoms with Crippen LogP contribution >= 0.6 is 12.2 Å². The predicted octanol–water partition coefficient (Wildman–Crippen LogP) is 1.02. The third-order valence-electron chi connectivity index (χ3n) is 2.69. The molecule has 2 aromatic heterocycles. The van der Waals surface area contributed by atoms with E-state index >= 15 is 0 Å². The lowest BCUT2D eigenvalue weighted by Crippen LogP contribution is -2.12. The molecule has 0 radical (unpaired) electrons. The maximum absolute atomic E-state index is 5.47. The fourth-order valence-electron chi connectivity index (χ4n) is 1.76. The first-order valence-electron chi connectivity index (χ1n) is 5.97. The van der Waals surface area contributed by atoms with Gasteiger partial charge in [0.15, 0.2) is 0 Å². The van der Waals surface area contributed by atoms with Crippen LogP contribution in [0.25, 0.3) is 0 Å². The summed E-state index contributed by atoms with van der Waals surface area (Å²) in [5, 5.41) is 7.59. The highest BCUT2D eigenvalue weighted by Crippen LogP contribution is 2.10. The number of thiocarbonyl (C=S) groups is 1. The zero-order chi connectivity index (χ0) is 13.8. The maximum Gasteiger partial charge on any atom is 0.144 e. The Labute approximate surface area is 117 Å². The first kappa shape index (κ1) is 13.4. The molecule has 0 bridgehead atoms. The van der Waals surface area contributed by atoms with Crippen LogP contribution in [0.2, 0.25) is 0 Å². The molecule has 0 amide bonds. The van der Waals surface area contributed by atoms with Gasteiger partial charge in [0.2, 0.25) is 0 Å². The first-order valence-corrected chi connectivity index (χ1v) is 6.38. The van der Waals surface area contributed by atoms with Crippen molar-refractivity contribution in [2.45, 2.75) is 19.9 Å². The Kier molecular flexibility index (Phi) is 4.06. The number of aryl methyl sites for hydroxylation is 2. The zero-order valence-electron chi connectivity index (χ0n) is 10.9. The average molecular weight is 276 g/mol. The van der Waals surface area contributed by atoms with Gasteiger partial charge in [0.05, 0.1) is 18.1 Å². The van der Waals surface area contributed by atoms with Gasteiger partial charge in [-0.2, -0.15) is 5.10 Å². The molecule has 19 heavy (non-hydrogen) atoms. The quantitative estimate of drug-likeness (QED) is 0.794. The van der Waals surface area contributed by atoms with Gasteiger partial charge in [-0.1, -0.05) is 19.1 Å². The minimum atomic E-state index is 0.250. The van der Waals surface area contributed by atoms with Crippen LogP contribution in [0.3, 0.4) is 0 Å². The van der Waals surface area contributed by atoms with Gasteiger partial charge >= 0.3 is 0 Å². The molecule has 0 aliphatic carbocycles. The lowest BCUT2D eigenvalue weighted by molar-refractivity contribution is 0.746. The Morgan fingerprint density at radius 3 is 2.79 bits per heavy atom. The van der Waals surface area contributed by atoms with Crippen molar-refractivity contribution in [2.24, 2.45) is 12.8 Å². The van der Waals surface area contributed by atoms with Crippen molar-refractivity contribution in [2.75, 3.05) is 5.32 Å². The third kappa shape index (κ3) is 3.25. The van der Waals surface area contributed by atoms with Gasteiger partial charge < -0.3 is 11.1 Å². The number of nitrogens with one attached hydrogen (secondary N) is 1. The second-order valence-electron chi connectivity index (χ2n) is 4.13. The van der Waals surface area contributed by atoms with Crippen LogP contribution in [-0.4, -0.2) is 24.7 Å². The molecule has 2 heterocycles.